The van der Waals surface area contributed by atoms with Gasteiger partial charge in [0, 0.05) is 15.6 Å². The smallest absolute Gasteiger partial charge is 0.311 e. The molecule has 0 spiro atoms. The van der Waals surface area contributed by atoms with Crippen molar-refractivity contribution in [2.45, 2.75) is 50.2 Å². The third kappa shape index (κ3) is 6.80. The summed E-state index contributed by atoms with van der Waals surface area (Å²) in [7, 11) is 1.53. The van der Waals surface area contributed by atoms with Gasteiger partial charge in [-0.15, -0.1) is 11.3 Å². The highest BCUT2D eigenvalue weighted by Gasteiger charge is 2.16. The summed E-state index contributed by atoms with van der Waals surface area (Å²) >= 11 is 1.00. The van der Waals surface area contributed by atoms with Crippen LogP contribution in [0.1, 0.15) is 44.4 Å². The van der Waals surface area contributed by atoms with Gasteiger partial charge in [0.25, 0.3) is 9.05 Å². The highest BCUT2D eigenvalue weighted by Crippen LogP contribution is 2.25. The lowest BCUT2D eigenvalue weighted by Gasteiger charge is -2.14. The fraction of sp³-hybridized carbons (Fsp3) is 0.643. The van der Waals surface area contributed by atoms with E-state index in [9.17, 15) is 13.2 Å². The minimum absolute atomic E-state index is 0.0568. The molecule has 1 aromatic rings. The van der Waals surface area contributed by atoms with Gasteiger partial charge in [0.05, 0.1) is 13.0 Å². The number of ether oxygens (including phenoxy) is 1. The molecule has 0 saturated heterocycles. The van der Waals surface area contributed by atoms with Crippen LogP contribution < -0.4 is 0 Å². The molecule has 21 heavy (non-hydrogen) atoms. The van der Waals surface area contributed by atoms with Crippen molar-refractivity contribution in [3.8, 4) is 0 Å². The molecule has 0 N–H and O–H groups in total. The maximum atomic E-state index is 11.8. The molecule has 1 heterocycles. The van der Waals surface area contributed by atoms with E-state index < -0.39 is 9.05 Å². The van der Waals surface area contributed by atoms with Crippen molar-refractivity contribution < 1.29 is 17.9 Å². The molecular weight excluding hydrogens is 332 g/mol. The van der Waals surface area contributed by atoms with E-state index >= 15 is 0 Å². The SMILES string of the molecule is CCCCC(CC)COC(=O)Cc1ccc(S(=O)(=O)Cl)s1. The minimum Gasteiger partial charge on any atom is -0.465 e. The first kappa shape index (κ1) is 18.5. The first-order valence-electron chi connectivity index (χ1n) is 7.05. The number of halogens is 1. The zero-order valence-corrected chi connectivity index (χ0v) is 14.7. The predicted molar refractivity (Wildman–Crippen MR) is 85.3 cm³/mol. The maximum Gasteiger partial charge on any atom is 0.311 e. The molecule has 1 atom stereocenters. The van der Waals surface area contributed by atoms with E-state index in [4.69, 9.17) is 15.4 Å². The highest BCUT2D eigenvalue weighted by molar-refractivity contribution is 8.15. The molecular formula is C14H21ClO4S2. The normalized spacial score (nSPS) is 13.1. The van der Waals surface area contributed by atoms with Crippen LogP contribution in [0.2, 0.25) is 0 Å². The molecule has 0 amide bonds. The Bertz CT molecular complexity index is 551. The van der Waals surface area contributed by atoms with Crippen LogP contribution in [0.25, 0.3) is 0 Å². The van der Waals surface area contributed by atoms with Crippen LogP contribution in [0.5, 0.6) is 0 Å². The Morgan fingerprint density at radius 2 is 2.10 bits per heavy atom. The van der Waals surface area contributed by atoms with E-state index in [-0.39, 0.29) is 16.6 Å². The minimum atomic E-state index is -3.72. The largest absolute Gasteiger partial charge is 0.465 e. The van der Waals surface area contributed by atoms with E-state index in [1.165, 1.54) is 6.07 Å². The third-order valence-corrected chi connectivity index (χ3v) is 6.40. The maximum absolute atomic E-state index is 11.8. The zero-order chi connectivity index (χ0) is 15.9. The van der Waals surface area contributed by atoms with Gasteiger partial charge in [-0.1, -0.05) is 33.1 Å². The first-order chi connectivity index (χ1) is 9.86. The molecule has 0 fully saturated rings. The highest BCUT2D eigenvalue weighted by atomic mass is 35.7. The van der Waals surface area contributed by atoms with Crippen molar-refractivity contribution in [3.63, 3.8) is 0 Å². The van der Waals surface area contributed by atoms with Crippen molar-refractivity contribution in [1.29, 1.82) is 0 Å². The van der Waals surface area contributed by atoms with Gasteiger partial charge in [0.15, 0.2) is 0 Å². The topological polar surface area (TPSA) is 60.4 Å². The molecule has 0 bridgehead atoms. The van der Waals surface area contributed by atoms with Gasteiger partial charge in [-0.05, 0) is 24.5 Å². The Hall–Kier alpha value is -0.590. The van der Waals surface area contributed by atoms with E-state index in [0.29, 0.717) is 17.4 Å². The summed E-state index contributed by atoms with van der Waals surface area (Å²) in [5.74, 6) is 0.0707. The molecule has 1 aromatic heterocycles. The lowest BCUT2D eigenvalue weighted by Crippen LogP contribution is -2.15. The summed E-state index contributed by atoms with van der Waals surface area (Å²) in [6.45, 7) is 4.66. The number of unbranched alkanes of at least 4 members (excludes halogenated alkanes) is 1. The van der Waals surface area contributed by atoms with Crippen molar-refractivity contribution in [2.24, 2.45) is 5.92 Å². The molecule has 120 valence electrons. The average Bonchev–Trinajstić information content (AvgIpc) is 2.87. The van der Waals surface area contributed by atoms with Gasteiger partial charge < -0.3 is 4.74 Å². The molecule has 0 aliphatic rings. The lowest BCUT2D eigenvalue weighted by molar-refractivity contribution is -0.144. The fourth-order valence-electron chi connectivity index (χ4n) is 1.89. The fourth-order valence-corrected chi connectivity index (χ4v) is 3.99. The van der Waals surface area contributed by atoms with Crippen LogP contribution in [0, 0.1) is 5.92 Å². The Labute approximate surface area is 134 Å². The van der Waals surface area contributed by atoms with Gasteiger partial charge >= 0.3 is 5.97 Å². The van der Waals surface area contributed by atoms with E-state index in [1.807, 2.05) is 0 Å². The molecule has 0 aliphatic heterocycles. The van der Waals surface area contributed by atoms with Crippen molar-refractivity contribution in [2.75, 3.05) is 6.61 Å². The van der Waals surface area contributed by atoms with Crippen molar-refractivity contribution in [3.05, 3.63) is 17.0 Å². The number of esters is 1. The molecule has 1 unspecified atom stereocenters. The molecule has 7 heteroatoms. The third-order valence-electron chi connectivity index (χ3n) is 3.22. The van der Waals surface area contributed by atoms with Crippen molar-refractivity contribution >= 4 is 37.0 Å². The first-order valence-corrected chi connectivity index (χ1v) is 10.2. The second kappa shape index (κ2) is 8.76. The number of carbonyl (C=O) groups excluding carboxylic acids is 1. The molecule has 0 aromatic carbocycles. The van der Waals surface area contributed by atoms with Crippen molar-refractivity contribution in [1.82, 2.24) is 0 Å². The van der Waals surface area contributed by atoms with Crippen LogP contribution >= 0.6 is 22.0 Å². The monoisotopic (exact) mass is 352 g/mol. The van der Waals surface area contributed by atoms with Gasteiger partial charge in [-0.2, -0.15) is 0 Å². The van der Waals surface area contributed by atoms with Crippen LogP contribution in [-0.4, -0.2) is 21.0 Å². The summed E-state index contributed by atoms with van der Waals surface area (Å²) in [5, 5.41) is 0. The van der Waals surface area contributed by atoms with Crippen LogP contribution in [-0.2, 0) is 25.0 Å². The van der Waals surface area contributed by atoms with E-state index in [0.717, 1.165) is 37.0 Å². The second-order valence-electron chi connectivity index (χ2n) is 4.93. The molecule has 0 aliphatic carbocycles. The Kier molecular flexibility index (Phi) is 7.70. The molecule has 4 nitrogen and oxygen atoms in total. The number of carbonyl (C=O) groups is 1. The van der Waals surface area contributed by atoms with E-state index in [1.54, 1.807) is 6.07 Å². The molecule has 1 rings (SSSR count). The number of hydrogen-bond donors (Lipinski definition) is 0. The van der Waals surface area contributed by atoms with Crippen LogP contribution in [0.4, 0.5) is 0 Å². The summed E-state index contributed by atoms with van der Waals surface area (Å²) in [6.07, 6.45) is 4.41. The zero-order valence-electron chi connectivity index (χ0n) is 12.3. The second-order valence-corrected chi connectivity index (χ2v) is 8.90. The van der Waals surface area contributed by atoms with Gasteiger partial charge in [0.2, 0.25) is 0 Å². The quantitative estimate of drug-likeness (QED) is 0.498. The van der Waals surface area contributed by atoms with E-state index in [2.05, 4.69) is 13.8 Å². The van der Waals surface area contributed by atoms with Gasteiger partial charge in [-0.3, -0.25) is 4.79 Å². The Balaban J connectivity index is 2.45. The summed E-state index contributed by atoms with van der Waals surface area (Å²) in [6, 6.07) is 3.00. The van der Waals surface area contributed by atoms with Crippen LogP contribution in [0.3, 0.4) is 0 Å². The summed E-state index contributed by atoms with van der Waals surface area (Å²) < 4.78 is 27.6. The molecule has 0 saturated carbocycles. The Morgan fingerprint density at radius 3 is 2.62 bits per heavy atom. The van der Waals surface area contributed by atoms with Gasteiger partial charge in [0.1, 0.15) is 4.21 Å². The standard InChI is InChI=1S/C14H21ClO4S2/c1-3-5-6-11(4-2)10-19-13(16)9-12-7-8-14(20-12)21(15,17)18/h7-8,11H,3-6,9-10H2,1-2H3. The number of thiophene rings is 1. The Morgan fingerprint density at radius 1 is 1.38 bits per heavy atom. The van der Waals surface area contributed by atoms with Crippen LogP contribution in [0.15, 0.2) is 16.3 Å². The van der Waals surface area contributed by atoms with Gasteiger partial charge in [-0.25, -0.2) is 8.42 Å². The molecule has 0 radical (unpaired) electrons. The predicted octanol–water partition coefficient (Wildman–Crippen LogP) is 3.98. The average molecular weight is 353 g/mol. The summed E-state index contributed by atoms with van der Waals surface area (Å²) in [5.41, 5.74) is 0. The lowest BCUT2D eigenvalue weighted by atomic mass is 10.0. The summed E-state index contributed by atoms with van der Waals surface area (Å²) in [4.78, 5) is 12.4. The number of rotatable bonds is 9. The number of hydrogen-bond acceptors (Lipinski definition) is 5.